The second-order valence-electron chi connectivity index (χ2n) is 4.79. The molecule has 0 atom stereocenters. The molecule has 2 rings (SSSR count). The summed E-state index contributed by atoms with van der Waals surface area (Å²) in [4.78, 5) is 1.21. The van der Waals surface area contributed by atoms with Crippen LogP contribution in [0.5, 0.6) is 0 Å². The summed E-state index contributed by atoms with van der Waals surface area (Å²) in [5.74, 6) is 1.79. The predicted octanol–water partition coefficient (Wildman–Crippen LogP) is 2.98. The molecule has 1 aliphatic rings. The number of nitrogens with one attached hydrogen (secondary N) is 2. The molecule has 1 aromatic rings. The zero-order valence-electron chi connectivity index (χ0n) is 12.7. The van der Waals surface area contributed by atoms with Crippen molar-refractivity contribution in [2.75, 3.05) is 38.3 Å². The van der Waals surface area contributed by atoms with E-state index in [0.717, 1.165) is 43.1 Å². The van der Waals surface area contributed by atoms with Crippen molar-refractivity contribution in [3.8, 4) is 0 Å². The van der Waals surface area contributed by atoms with E-state index < -0.39 is 0 Å². The fraction of sp³-hybridized carbons (Fsp3) is 0.533. The first kappa shape index (κ1) is 18.4. The topological polar surface area (TPSA) is 59.4 Å². The highest BCUT2D eigenvalue weighted by Gasteiger charge is 2.18. The Morgan fingerprint density at radius 1 is 1.43 bits per heavy atom. The van der Waals surface area contributed by atoms with Gasteiger partial charge >= 0.3 is 0 Å². The van der Waals surface area contributed by atoms with Crippen LogP contribution in [0.3, 0.4) is 0 Å². The van der Waals surface area contributed by atoms with Gasteiger partial charge in [-0.1, -0.05) is 0 Å². The molecular formula is C15H25N3OS2. The average Bonchev–Trinajstić information content (AvgIpc) is 2.57. The lowest BCUT2D eigenvalue weighted by Crippen LogP contribution is -2.29. The van der Waals surface area contributed by atoms with Crippen LogP contribution < -0.4 is 5.32 Å². The number of rotatable bonds is 5. The lowest BCUT2D eigenvalue weighted by Gasteiger charge is -2.30. The molecule has 1 aliphatic heterocycles. The lowest BCUT2D eigenvalue weighted by atomic mass is 10.0. The number of hydrogen-bond acceptors (Lipinski definition) is 6. The smallest absolute Gasteiger partial charge is 0.0427 e. The van der Waals surface area contributed by atoms with Gasteiger partial charge in [0.05, 0.1) is 0 Å². The van der Waals surface area contributed by atoms with Gasteiger partial charge in [-0.25, -0.2) is 4.31 Å². The van der Waals surface area contributed by atoms with Crippen molar-refractivity contribution in [3.63, 3.8) is 0 Å². The van der Waals surface area contributed by atoms with E-state index >= 15 is 0 Å². The van der Waals surface area contributed by atoms with Crippen molar-refractivity contribution >= 4 is 36.5 Å². The summed E-state index contributed by atoms with van der Waals surface area (Å²) in [7, 11) is 2.89. The quantitative estimate of drug-likeness (QED) is 0.381. The largest absolute Gasteiger partial charge is 0.400 e. The Morgan fingerprint density at radius 2 is 2.10 bits per heavy atom. The first-order chi connectivity index (χ1) is 10.3. The van der Waals surface area contributed by atoms with Crippen LogP contribution in [0.15, 0.2) is 23.1 Å². The second-order valence-corrected chi connectivity index (χ2v) is 6.33. The Labute approximate surface area is 137 Å². The highest BCUT2D eigenvalue weighted by atomic mass is 32.2. The minimum absolute atomic E-state index is 0.781. The van der Waals surface area contributed by atoms with Gasteiger partial charge in [0.25, 0.3) is 0 Å². The van der Waals surface area contributed by atoms with Crippen molar-refractivity contribution in [2.24, 2.45) is 5.92 Å². The molecule has 0 aromatic heterocycles. The molecular weight excluding hydrogens is 302 g/mol. The van der Waals surface area contributed by atoms with Crippen LogP contribution in [0.4, 0.5) is 5.69 Å². The van der Waals surface area contributed by atoms with E-state index in [2.05, 4.69) is 34.4 Å². The predicted molar refractivity (Wildman–Crippen MR) is 96.0 cm³/mol. The highest BCUT2D eigenvalue weighted by molar-refractivity contribution is 7.97. The van der Waals surface area contributed by atoms with E-state index in [1.165, 1.54) is 24.0 Å². The van der Waals surface area contributed by atoms with E-state index in [4.69, 9.17) is 10.5 Å². The maximum atomic E-state index is 7.46. The summed E-state index contributed by atoms with van der Waals surface area (Å²) in [6.45, 7) is 2.26. The van der Waals surface area contributed by atoms with Gasteiger partial charge in [0.15, 0.2) is 0 Å². The number of hydrogen-bond donors (Lipinski definition) is 4. The minimum atomic E-state index is 0.781. The van der Waals surface area contributed by atoms with Crippen molar-refractivity contribution in [2.45, 2.75) is 17.7 Å². The van der Waals surface area contributed by atoms with Crippen LogP contribution in [0.2, 0.25) is 0 Å². The molecule has 4 nitrogen and oxygen atoms in total. The van der Waals surface area contributed by atoms with Gasteiger partial charge < -0.3 is 15.8 Å². The van der Waals surface area contributed by atoms with E-state index in [1.54, 1.807) is 11.9 Å². The fourth-order valence-electron chi connectivity index (χ4n) is 2.28. The number of nitrogens with zero attached hydrogens (tertiary/aromatic N) is 1. The standard InChI is InChI=1S/C14H21N3S2.CH4O/c1-16-14-3-2-13(8-12(14)9-15)19-17-6-4-11(10-18)5-7-17;1-2/h2-3,8-9,11,15-16,18H,4-7,10H2,1H3;2H,1H3. The highest BCUT2D eigenvalue weighted by Crippen LogP contribution is 2.30. The summed E-state index contributed by atoms with van der Waals surface area (Å²) in [6, 6.07) is 6.24. The van der Waals surface area contributed by atoms with Gasteiger partial charge in [0.1, 0.15) is 0 Å². The van der Waals surface area contributed by atoms with E-state index in [0.29, 0.717) is 0 Å². The summed E-state index contributed by atoms with van der Waals surface area (Å²) in [6.07, 6.45) is 3.88. The Bertz CT molecular complexity index is 435. The van der Waals surface area contributed by atoms with E-state index in [9.17, 15) is 0 Å². The van der Waals surface area contributed by atoms with Crippen molar-refractivity contribution < 1.29 is 5.11 Å². The van der Waals surface area contributed by atoms with Crippen LogP contribution in [-0.4, -0.2) is 48.6 Å². The molecule has 0 amide bonds. The summed E-state index contributed by atoms with van der Waals surface area (Å²) < 4.78 is 2.42. The van der Waals surface area contributed by atoms with Crippen molar-refractivity contribution in [1.82, 2.24) is 4.31 Å². The zero-order valence-corrected chi connectivity index (χ0v) is 14.4. The third kappa shape index (κ3) is 5.54. The van der Waals surface area contributed by atoms with Crippen LogP contribution in [0.1, 0.15) is 18.4 Å². The molecule has 1 fully saturated rings. The molecule has 0 aliphatic carbocycles. The Balaban J connectivity index is 0.00000106. The Hall–Kier alpha value is -0.690. The fourth-order valence-corrected chi connectivity index (χ4v) is 3.64. The van der Waals surface area contributed by atoms with E-state index in [1.807, 2.05) is 13.1 Å². The Kier molecular flexibility index (Phi) is 8.84. The van der Waals surface area contributed by atoms with Crippen molar-refractivity contribution in [1.29, 1.82) is 5.41 Å². The SMILES string of the molecule is CNc1ccc(SN2CCC(CS)CC2)cc1C=N.CO. The molecule has 3 N–H and O–H groups in total. The van der Waals surface area contributed by atoms with Gasteiger partial charge in [-0.3, -0.25) is 0 Å². The average molecular weight is 328 g/mol. The molecule has 0 radical (unpaired) electrons. The van der Waals surface area contributed by atoms with Gasteiger partial charge in [-0.2, -0.15) is 12.6 Å². The molecule has 6 heteroatoms. The molecule has 0 saturated carbocycles. The second kappa shape index (κ2) is 10.1. The minimum Gasteiger partial charge on any atom is -0.400 e. The number of piperidine rings is 1. The van der Waals surface area contributed by atoms with Gasteiger partial charge in [0, 0.05) is 49.6 Å². The van der Waals surface area contributed by atoms with Crippen LogP contribution in [-0.2, 0) is 0 Å². The third-order valence-electron chi connectivity index (χ3n) is 3.51. The molecule has 1 aromatic carbocycles. The molecule has 1 saturated heterocycles. The normalized spacial score (nSPS) is 16.0. The molecule has 118 valence electrons. The molecule has 1 heterocycles. The number of anilines is 1. The number of thiol groups is 1. The van der Waals surface area contributed by atoms with Gasteiger partial charge in [-0.15, -0.1) is 0 Å². The lowest BCUT2D eigenvalue weighted by molar-refractivity contribution is 0.312. The number of aliphatic hydroxyl groups is 1. The first-order valence-electron chi connectivity index (χ1n) is 7.07. The monoisotopic (exact) mass is 327 g/mol. The molecule has 0 bridgehead atoms. The maximum Gasteiger partial charge on any atom is 0.0427 e. The van der Waals surface area contributed by atoms with Crippen LogP contribution in [0, 0.1) is 11.3 Å². The maximum absolute atomic E-state index is 7.46. The number of benzene rings is 1. The first-order valence-corrected chi connectivity index (χ1v) is 8.48. The number of aliphatic hydroxyl groups excluding tert-OH is 1. The van der Waals surface area contributed by atoms with Gasteiger partial charge in [0.2, 0.25) is 0 Å². The Morgan fingerprint density at radius 3 is 2.62 bits per heavy atom. The molecule has 0 spiro atoms. The molecule has 21 heavy (non-hydrogen) atoms. The summed E-state index contributed by atoms with van der Waals surface area (Å²) >= 11 is 6.19. The van der Waals surface area contributed by atoms with Gasteiger partial charge in [-0.05, 0) is 54.7 Å². The summed E-state index contributed by atoms with van der Waals surface area (Å²) in [5, 5.41) is 17.6. The van der Waals surface area contributed by atoms with Crippen molar-refractivity contribution in [3.05, 3.63) is 23.8 Å². The molecule has 0 unspecified atom stereocenters. The summed E-state index contributed by atoms with van der Waals surface area (Å²) in [5.41, 5.74) is 1.95. The van der Waals surface area contributed by atoms with Crippen LogP contribution >= 0.6 is 24.6 Å². The zero-order chi connectivity index (χ0) is 15.7. The van der Waals surface area contributed by atoms with E-state index in [-0.39, 0.29) is 0 Å². The third-order valence-corrected chi connectivity index (χ3v) is 5.12. The van der Waals surface area contributed by atoms with Crippen LogP contribution in [0.25, 0.3) is 0 Å².